The van der Waals surface area contributed by atoms with Gasteiger partial charge in [-0.15, -0.1) is 0 Å². The molecule has 2 atom stereocenters. The van der Waals surface area contributed by atoms with Gasteiger partial charge < -0.3 is 25.5 Å². The summed E-state index contributed by atoms with van der Waals surface area (Å²) < 4.78 is 0. The Labute approximate surface area is 93.7 Å². The van der Waals surface area contributed by atoms with Crippen LogP contribution in [0.15, 0.2) is 0 Å². The topological polar surface area (TPSA) is 110 Å². The van der Waals surface area contributed by atoms with Gasteiger partial charge in [-0.3, -0.25) is 0 Å². The lowest BCUT2D eigenvalue weighted by molar-refractivity contribution is -0.155. The van der Waals surface area contributed by atoms with Crippen LogP contribution in [0.4, 0.5) is 4.79 Å². The van der Waals surface area contributed by atoms with Gasteiger partial charge in [-0.05, 0) is 13.8 Å². The largest absolute Gasteiger partial charge is 0.479 e. The van der Waals surface area contributed by atoms with Gasteiger partial charge in [0.05, 0.1) is 19.2 Å². The van der Waals surface area contributed by atoms with Gasteiger partial charge in [0.1, 0.15) is 0 Å². The van der Waals surface area contributed by atoms with E-state index in [1.54, 1.807) is 6.92 Å². The van der Waals surface area contributed by atoms with E-state index in [0.717, 1.165) is 6.92 Å². The molecule has 7 nitrogen and oxygen atoms in total. The molecule has 0 saturated carbocycles. The highest BCUT2D eigenvalue weighted by Gasteiger charge is 2.30. The van der Waals surface area contributed by atoms with Crippen LogP contribution < -0.4 is 5.32 Å². The third-order valence-corrected chi connectivity index (χ3v) is 2.29. The second-order valence-corrected chi connectivity index (χ2v) is 3.88. The molecule has 0 heterocycles. The number of amides is 2. The Bertz CT molecular complexity index is 267. The zero-order chi connectivity index (χ0) is 12.9. The van der Waals surface area contributed by atoms with Crippen LogP contribution in [-0.2, 0) is 4.79 Å². The minimum absolute atomic E-state index is 0.195. The first kappa shape index (κ1) is 14.7. The number of urea groups is 1. The number of hydrogen-bond acceptors (Lipinski definition) is 4. The molecule has 0 rings (SSSR count). The fraction of sp³-hybridized carbons (Fsp3) is 0.778. The molecule has 7 heteroatoms. The Kier molecular flexibility index (Phi) is 5.19. The Balaban J connectivity index is 4.22. The Morgan fingerprint density at radius 2 is 2.00 bits per heavy atom. The zero-order valence-corrected chi connectivity index (χ0v) is 9.60. The van der Waals surface area contributed by atoms with Gasteiger partial charge in [0, 0.05) is 7.05 Å². The number of nitrogens with one attached hydrogen (secondary N) is 1. The fourth-order valence-corrected chi connectivity index (χ4v) is 0.771. The maximum absolute atomic E-state index is 11.4. The molecular weight excluding hydrogens is 216 g/mol. The summed E-state index contributed by atoms with van der Waals surface area (Å²) in [7, 11) is 1.46. The van der Waals surface area contributed by atoms with E-state index in [4.69, 9.17) is 10.2 Å². The smallest absolute Gasteiger partial charge is 0.337 e. The van der Waals surface area contributed by atoms with Crippen molar-refractivity contribution in [2.24, 2.45) is 0 Å². The average Bonchev–Trinajstić information content (AvgIpc) is 2.23. The predicted octanol–water partition coefficient (Wildman–Crippen LogP) is -1.16. The lowest BCUT2D eigenvalue weighted by atomic mass is 10.1. The molecule has 0 fully saturated rings. The first-order valence-electron chi connectivity index (χ1n) is 4.79. The minimum atomic E-state index is -2.00. The number of aliphatic hydroxyl groups is 2. The molecule has 0 saturated heterocycles. The summed E-state index contributed by atoms with van der Waals surface area (Å²) in [5.41, 5.74) is -2.00. The number of hydrogen-bond donors (Lipinski definition) is 4. The molecular formula is C9H18N2O5. The molecule has 0 aromatic rings. The van der Waals surface area contributed by atoms with Crippen molar-refractivity contribution in [1.29, 1.82) is 0 Å². The molecule has 0 aliphatic heterocycles. The van der Waals surface area contributed by atoms with Gasteiger partial charge in [0.25, 0.3) is 0 Å². The second kappa shape index (κ2) is 5.66. The zero-order valence-electron chi connectivity index (χ0n) is 9.60. The van der Waals surface area contributed by atoms with Crippen LogP contribution in [-0.4, -0.2) is 64.1 Å². The number of carbonyl (C=O) groups is 2. The van der Waals surface area contributed by atoms with Crippen LogP contribution >= 0.6 is 0 Å². The lowest BCUT2D eigenvalue weighted by Gasteiger charge is -2.25. The first-order valence-corrected chi connectivity index (χ1v) is 4.79. The van der Waals surface area contributed by atoms with Crippen LogP contribution in [0, 0.1) is 0 Å². The molecule has 94 valence electrons. The number of likely N-dealkylation sites (N-methyl/N-ethyl adjacent to an activating group) is 1. The molecule has 4 N–H and O–H groups in total. The van der Waals surface area contributed by atoms with Crippen LogP contribution in [0.1, 0.15) is 13.8 Å². The molecule has 0 bridgehead atoms. The van der Waals surface area contributed by atoms with Crippen LogP contribution in [0.5, 0.6) is 0 Å². The van der Waals surface area contributed by atoms with Crippen molar-refractivity contribution in [2.75, 3.05) is 20.2 Å². The summed E-state index contributed by atoms with van der Waals surface area (Å²) in [5, 5.41) is 29.0. The Morgan fingerprint density at radius 3 is 2.38 bits per heavy atom. The minimum Gasteiger partial charge on any atom is -0.479 e. The van der Waals surface area contributed by atoms with E-state index in [1.165, 1.54) is 11.9 Å². The van der Waals surface area contributed by atoms with E-state index in [1.807, 2.05) is 0 Å². The number of nitrogens with zero attached hydrogens (tertiary/aromatic N) is 1. The van der Waals surface area contributed by atoms with Crippen LogP contribution in [0.2, 0.25) is 0 Å². The van der Waals surface area contributed by atoms with Crippen molar-refractivity contribution in [2.45, 2.75) is 25.5 Å². The molecule has 2 unspecified atom stereocenters. The van der Waals surface area contributed by atoms with Crippen molar-refractivity contribution in [3.63, 3.8) is 0 Å². The number of aliphatic hydroxyl groups excluding tert-OH is 1. The first-order chi connectivity index (χ1) is 7.22. The van der Waals surface area contributed by atoms with Gasteiger partial charge in [-0.25, -0.2) is 9.59 Å². The van der Waals surface area contributed by atoms with Crippen molar-refractivity contribution in [1.82, 2.24) is 10.2 Å². The predicted molar refractivity (Wildman–Crippen MR) is 56.0 cm³/mol. The summed E-state index contributed by atoms with van der Waals surface area (Å²) in [6.07, 6.45) is 0. The van der Waals surface area contributed by atoms with E-state index in [-0.39, 0.29) is 12.6 Å². The average molecular weight is 234 g/mol. The van der Waals surface area contributed by atoms with E-state index >= 15 is 0 Å². The number of carboxylic acid groups (broad SMARTS) is 1. The Hall–Kier alpha value is -1.34. The summed E-state index contributed by atoms with van der Waals surface area (Å²) in [6, 6.07) is -0.933. The highest BCUT2D eigenvalue weighted by molar-refractivity contribution is 5.79. The molecule has 0 spiro atoms. The lowest BCUT2D eigenvalue weighted by Crippen LogP contribution is -2.51. The van der Waals surface area contributed by atoms with Crippen molar-refractivity contribution < 1.29 is 24.9 Å². The summed E-state index contributed by atoms with van der Waals surface area (Å²) in [5.74, 6) is -1.41. The van der Waals surface area contributed by atoms with Gasteiger partial charge in [-0.1, -0.05) is 0 Å². The SMILES string of the molecule is CC(CO)N(C)C(=O)NCC(C)(O)C(=O)O. The highest BCUT2D eigenvalue weighted by atomic mass is 16.4. The molecule has 2 amide bonds. The standard InChI is InChI=1S/C9H18N2O5/c1-6(4-12)11(3)8(15)10-5-9(2,16)7(13)14/h6,12,16H,4-5H2,1-3H3,(H,10,15)(H,13,14). The molecule has 0 radical (unpaired) electrons. The highest BCUT2D eigenvalue weighted by Crippen LogP contribution is 2.02. The van der Waals surface area contributed by atoms with E-state index < -0.39 is 24.1 Å². The van der Waals surface area contributed by atoms with E-state index in [9.17, 15) is 14.7 Å². The third kappa shape index (κ3) is 4.03. The van der Waals surface area contributed by atoms with E-state index in [2.05, 4.69) is 5.32 Å². The maximum Gasteiger partial charge on any atom is 0.337 e. The third-order valence-electron chi connectivity index (χ3n) is 2.29. The number of rotatable bonds is 5. The number of carbonyl (C=O) groups excluding carboxylic acids is 1. The maximum atomic E-state index is 11.4. The molecule has 16 heavy (non-hydrogen) atoms. The summed E-state index contributed by atoms with van der Waals surface area (Å²) in [6.45, 7) is 2.13. The number of aliphatic carboxylic acids is 1. The van der Waals surface area contributed by atoms with Crippen LogP contribution in [0.3, 0.4) is 0 Å². The number of carboxylic acids is 1. The monoisotopic (exact) mass is 234 g/mol. The van der Waals surface area contributed by atoms with Gasteiger partial charge in [0.15, 0.2) is 5.60 Å². The van der Waals surface area contributed by atoms with Crippen molar-refractivity contribution in [3.8, 4) is 0 Å². The summed E-state index contributed by atoms with van der Waals surface area (Å²) >= 11 is 0. The van der Waals surface area contributed by atoms with Crippen molar-refractivity contribution >= 4 is 12.0 Å². The second-order valence-electron chi connectivity index (χ2n) is 3.88. The van der Waals surface area contributed by atoms with E-state index in [0.29, 0.717) is 0 Å². The molecule has 0 aromatic heterocycles. The quantitative estimate of drug-likeness (QED) is 0.480. The molecule has 0 aliphatic carbocycles. The van der Waals surface area contributed by atoms with Crippen LogP contribution in [0.25, 0.3) is 0 Å². The Morgan fingerprint density at radius 1 is 1.50 bits per heavy atom. The van der Waals surface area contributed by atoms with Gasteiger partial charge >= 0.3 is 12.0 Å². The normalized spacial score (nSPS) is 16.1. The van der Waals surface area contributed by atoms with Gasteiger partial charge in [-0.2, -0.15) is 0 Å². The summed E-state index contributed by atoms with van der Waals surface area (Å²) in [4.78, 5) is 23.2. The molecule has 0 aliphatic rings. The molecule has 0 aromatic carbocycles. The van der Waals surface area contributed by atoms with Gasteiger partial charge in [0.2, 0.25) is 0 Å². The fourth-order valence-electron chi connectivity index (χ4n) is 0.771. The van der Waals surface area contributed by atoms with Crippen molar-refractivity contribution in [3.05, 3.63) is 0 Å².